The van der Waals surface area contributed by atoms with Crippen LogP contribution in [0.3, 0.4) is 0 Å². The highest BCUT2D eigenvalue weighted by molar-refractivity contribution is 5.80. The summed E-state index contributed by atoms with van der Waals surface area (Å²) in [6, 6.07) is -0.0556. The lowest BCUT2D eigenvalue weighted by Crippen LogP contribution is -2.48. The van der Waals surface area contributed by atoms with Crippen molar-refractivity contribution in [3.8, 4) is 0 Å². The molecule has 1 saturated heterocycles. The molecule has 0 aliphatic carbocycles. The quantitative estimate of drug-likeness (QED) is 0.759. The standard InChI is InChI=1S/C15H30N2O.2CH4.H2/c1-5-12(6-2)13(14(16)18)17-10-9-15(7-3,8-4)11-17;;;/h12-13H,5-11H2,1-4H3,(H2,16,18);2*1H4;1H/t13-;;;/m0.../s1. The number of carbonyl (C=O) groups is 1. The van der Waals surface area contributed by atoms with E-state index >= 15 is 0 Å². The fourth-order valence-corrected chi connectivity index (χ4v) is 3.48. The molecular formula is C17H40N2O. The summed E-state index contributed by atoms with van der Waals surface area (Å²) in [5.41, 5.74) is 6.08. The molecule has 1 fully saturated rings. The van der Waals surface area contributed by atoms with Crippen molar-refractivity contribution in [2.75, 3.05) is 13.1 Å². The number of amides is 1. The van der Waals surface area contributed by atoms with Gasteiger partial charge in [0.15, 0.2) is 0 Å². The van der Waals surface area contributed by atoms with Gasteiger partial charge in [-0.25, -0.2) is 0 Å². The molecule has 0 unspecified atom stereocenters. The van der Waals surface area contributed by atoms with E-state index in [1.54, 1.807) is 0 Å². The van der Waals surface area contributed by atoms with Crippen LogP contribution in [-0.4, -0.2) is 29.9 Å². The van der Waals surface area contributed by atoms with Crippen molar-refractivity contribution in [3.63, 3.8) is 0 Å². The number of carbonyl (C=O) groups excluding carboxylic acids is 1. The highest BCUT2D eigenvalue weighted by Gasteiger charge is 2.41. The zero-order chi connectivity index (χ0) is 13.8. The van der Waals surface area contributed by atoms with E-state index in [1.807, 2.05) is 0 Å². The van der Waals surface area contributed by atoms with Crippen LogP contribution in [-0.2, 0) is 4.79 Å². The topological polar surface area (TPSA) is 46.3 Å². The molecule has 1 atom stereocenters. The molecule has 0 spiro atoms. The van der Waals surface area contributed by atoms with Crippen LogP contribution in [0.15, 0.2) is 0 Å². The maximum Gasteiger partial charge on any atom is 0.235 e. The average Bonchev–Trinajstić information content (AvgIpc) is 2.79. The Bertz CT molecular complexity index is 276. The zero-order valence-electron chi connectivity index (χ0n) is 12.5. The minimum absolute atomic E-state index is 0. The Labute approximate surface area is 128 Å². The number of hydrogen-bond acceptors (Lipinski definition) is 2. The number of nitrogens with two attached hydrogens (primary N) is 1. The summed E-state index contributed by atoms with van der Waals surface area (Å²) < 4.78 is 0. The minimum atomic E-state index is -0.133. The van der Waals surface area contributed by atoms with Gasteiger partial charge in [-0.05, 0) is 37.1 Å². The molecule has 0 saturated carbocycles. The van der Waals surface area contributed by atoms with Gasteiger partial charge in [0.25, 0.3) is 0 Å². The van der Waals surface area contributed by atoms with Crippen molar-refractivity contribution in [2.45, 2.75) is 80.7 Å². The van der Waals surface area contributed by atoms with Crippen LogP contribution in [0.5, 0.6) is 0 Å². The molecule has 0 bridgehead atoms. The van der Waals surface area contributed by atoms with E-state index in [9.17, 15) is 4.79 Å². The Morgan fingerprint density at radius 1 is 1.20 bits per heavy atom. The van der Waals surface area contributed by atoms with Crippen LogP contribution in [0.4, 0.5) is 0 Å². The van der Waals surface area contributed by atoms with Gasteiger partial charge in [0.1, 0.15) is 0 Å². The van der Waals surface area contributed by atoms with Gasteiger partial charge in [-0.3, -0.25) is 9.69 Å². The fraction of sp³-hybridized carbons (Fsp3) is 0.941. The lowest BCUT2D eigenvalue weighted by molar-refractivity contribution is -0.125. The molecule has 1 amide bonds. The monoisotopic (exact) mass is 288 g/mol. The van der Waals surface area contributed by atoms with Gasteiger partial charge in [0.2, 0.25) is 5.91 Å². The van der Waals surface area contributed by atoms with Crippen molar-refractivity contribution in [1.29, 1.82) is 0 Å². The summed E-state index contributed by atoms with van der Waals surface area (Å²) in [5, 5.41) is 0. The van der Waals surface area contributed by atoms with Crippen molar-refractivity contribution in [1.82, 2.24) is 4.90 Å². The van der Waals surface area contributed by atoms with Crippen molar-refractivity contribution < 1.29 is 6.22 Å². The first-order valence-electron chi connectivity index (χ1n) is 7.56. The fourth-order valence-electron chi connectivity index (χ4n) is 3.48. The summed E-state index contributed by atoms with van der Waals surface area (Å²) >= 11 is 0. The number of nitrogens with zero attached hydrogens (tertiary/aromatic N) is 1. The molecule has 1 aliphatic rings. The van der Waals surface area contributed by atoms with E-state index < -0.39 is 0 Å². The van der Waals surface area contributed by atoms with Crippen LogP contribution < -0.4 is 5.73 Å². The summed E-state index contributed by atoms with van der Waals surface area (Å²) in [5.74, 6) is 0.277. The Hall–Kier alpha value is -0.570. The van der Waals surface area contributed by atoms with Crippen LogP contribution >= 0.6 is 0 Å². The average molecular weight is 289 g/mol. The maximum atomic E-state index is 11.8. The van der Waals surface area contributed by atoms with E-state index in [2.05, 4.69) is 32.6 Å². The van der Waals surface area contributed by atoms with Crippen LogP contribution in [0.1, 0.15) is 76.1 Å². The second-order valence-corrected chi connectivity index (χ2v) is 5.85. The van der Waals surface area contributed by atoms with Crippen molar-refractivity contribution in [2.24, 2.45) is 17.1 Å². The third-order valence-corrected chi connectivity index (χ3v) is 5.15. The van der Waals surface area contributed by atoms with Gasteiger partial charge in [-0.15, -0.1) is 0 Å². The van der Waals surface area contributed by atoms with Crippen LogP contribution in [0.25, 0.3) is 0 Å². The Kier molecular flexibility index (Phi) is 10.2. The Morgan fingerprint density at radius 2 is 1.70 bits per heavy atom. The SMILES string of the molecule is C.C.CCC(CC)[C@@H](C(N)=O)N1CCC(CC)(CC)C1.[HH]. The largest absolute Gasteiger partial charge is 0.368 e. The highest BCUT2D eigenvalue weighted by atomic mass is 16.1. The smallest absolute Gasteiger partial charge is 0.235 e. The van der Waals surface area contributed by atoms with Crippen molar-refractivity contribution >= 4 is 5.91 Å². The third-order valence-electron chi connectivity index (χ3n) is 5.15. The van der Waals surface area contributed by atoms with E-state index in [4.69, 9.17) is 5.73 Å². The zero-order valence-corrected chi connectivity index (χ0v) is 12.5. The number of primary amides is 1. The molecule has 1 aliphatic heterocycles. The number of likely N-dealkylation sites (tertiary alicyclic amines) is 1. The molecule has 1 heterocycles. The lowest BCUT2D eigenvalue weighted by atomic mass is 9.81. The third kappa shape index (κ3) is 4.47. The van der Waals surface area contributed by atoms with Crippen LogP contribution in [0, 0.1) is 11.3 Å². The highest BCUT2D eigenvalue weighted by Crippen LogP contribution is 2.39. The first-order valence-corrected chi connectivity index (χ1v) is 7.56. The van der Waals surface area contributed by atoms with E-state index in [0.29, 0.717) is 11.3 Å². The van der Waals surface area contributed by atoms with Gasteiger partial charge < -0.3 is 5.73 Å². The predicted octanol–water partition coefficient (Wildman–Crippen LogP) is 4.31. The molecule has 0 aromatic rings. The van der Waals surface area contributed by atoms with Gasteiger partial charge in [-0.2, -0.15) is 0 Å². The molecule has 124 valence electrons. The molecule has 1 rings (SSSR count). The first-order chi connectivity index (χ1) is 8.53. The lowest BCUT2D eigenvalue weighted by Gasteiger charge is -2.33. The van der Waals surface area contributed by atoms with E-state index in [0.717, 1.165) is 25.9 Å². The van der Waals surface area contributed by atoms with E-state index in [1.165, 1.54) is 19.3 Å². The summed E-state index contributed by atoms with van der Waals surface area (Å²) in [6.07, 6.45) is 5.68. The van der Waals surface area contributed by atoms with Crippen molar-refractivity contribution in [3.05, 3.63) is 0 Å². The van der Waals surface area contributed by atoms with Crippen LogP contribution in [0.2, 0.25) is 0 Å². The van der Waals surface area contributed by atoms with Gasteiger partial charge in [-0.1, -0.05) is 55.4 Å². The normalized spacial score (nSPS) is 19.2. The minimum Gasteiger partial charge on any atom is -0.368 e. The first kappa shape index (κ1) is 21.7. The van der Waals surface area contributed by atoms with Gasteiger partial charge in [0, 0.05) is 7.97 Å². The molecular weight excluding hydrogens is 248 g/mol. The molecule has 3 heteroatoms. The molecule has 3 nitrogen and oxygen atoms in total. The van der Waals surface area contributed by atoms with Gasteiger partial charge >= 0.3 is 0 Å². The molecule has 0 aromatic carbocycles. The van der Waals surface area contributed by atoms with Gasteiger partial charge in [0.05, 0.1) is 6.04 Å². The second kappa shape index (κ2) is 9.38. The molecule has 2 N–H and O–H groups in total. The maximum absolute atomic E-state index is 11.8. The number of rotatable bonds is 7. The Balaban J connectivity index is -0.00000108. The molecule has 0 aromatic heterocycles. The second-order valence-electron chi connectivity index (χ2n) is 5.85. The molecule has 0 radical (unpaired) electrons. The summed E-state index contributed by atoms with van der Waals surface area (Å²) in [6.45, 7) is 10.9. The molecule has 20 heavy (non-hydrogen) atoms. The summed E-state index contributed by atoms with van der Waals surface area (Å²) in [7, 11) is 0. The van der Waals surface area contributed by atoms with E-state index in [-0.39, 0.29) is 28.2 Å². The summed E-state index contributed by atoms with van der Waals surface area (Å²) in [4.78, 5) is 14.2. The predicted molar refractivity (Wildman–Crippen MR) is 91.8 cm³/mol. The Morgan fingerprint density at radius 3 is 2.00 bits per heavy atom. The number of hydrogen-bond donors (Lipinski definition) is 1.